The number of aromatic hydroxyl groups is 1. The molecule has 2 rings (SSSR count). The minimum absolute atomic E-state index is 0.0638. The molecule has 0 radical (unpaired) electrons. The zero-order valence-electron chi connectivity index (χ0n) is 14.3. The molecule has 138 valence electrons. The van der Waals surface area contributed by atoms with Crippen LogP contribution in [0.5, 0.6) is 11.5 Å². The normalized spacial score (nSPS) is 11.5. The molecule has 0 saturated heterocycles. The largest absolute Gasteiger partial charge is 0.508 e. The first-order valence-electron chi connectivity index (χ1n) is 8.02. The Bertz CT molecular complexity index is 748. The third-order valence-electron chi connectivity index (χ3n) is 3.62. The first-order valence-corrected chi connectivity index (χ1v) is 8.40. The number of methoxy groups -OCH3 is 1. The smallest absolute Gasteiger partial charge is 0.328 e. The van der Waals surface area contributed by atoms with E-state index < -0.39 is 12.0 Å². The number of esters is 1. The molecular weight excluding hydrogens is 358 g/mol. The predicted octanol–water partition coefficient (Wildman–Crippen LogP) is 2.72. The summed E-state index contributed by atoms with van der Waals surface area (Å²) in [6, 6.07) is 12.5. The number of carbonyl (C=O) groups excluding carboxylic acids is 2. The number of phenolic OH excluding ortho intramolecular Hbond substituents is 1. The summed E-state index contributed by atoms with van der Waals surface area (Å²) in [6.07, 6.45) is 0.318. The maximum Gasteiger partial charge on any atom is 0.328 e. The molecule has 2 aromatic carbocycles. The SMILES string of the molecule is COC(=O)C(Cc1ccc(O)cc1)NC(=O)CCOc1ccccc1Cl. The van der Waals surface area contributed by atoms with E-state index in [2.05, 4.69) is 5.32 Å². The van der Waals surface area contributed by atoms with Crippen molar-refractivity contribution in [3.63, 3.8) is 0 Å². The van der Waals surface area contributed by atoms with Crippen molar-refractivity contribution in [2.75, 3.05) is 13.7 Å². The molecule has 0 aromatic heterocycles. The van der Waals surface area contributed by atoms with E-state index in [1.165, 1.54) is 19.2 Å². The zero-order valence-corrected chi connectivity index (χ0v) is 15.0. The van der Waals surface area contributed by atoms with Gasteiger partial charge in [-0.15, -0.1) is 0 Å². The molecule has 1 atom stereocenters. The van der Waals surface area contributed by atoms with Crippen LogP contribution in [-0.4, -0.2) is 36.7 Å². The fourth-order valence-electron chi connectivity index (χ4n) is 2.29. The van der Waals surface area contributed by atoms with Gasteiger partial charge in [0, 0.05) is 6.42 Å². The topological polar surface area (TPSA) is 84.9 Å². The molecular formula is C19H20ClNO5. The van der Waals surface area contributed by atoms with Crippen molar-refractivity contribution < 1.29 is 24.2 Å². The van der Waals surface area contributed by atoms with Crippen molar-refractivity contribution in [1.29, 1.82) is 0 Å². The van der Waals surface area contributed by atoms with Crippen LogP contribution in [0.15, 0.2) is 48.5 Å². The number of rotatable bonds is 8. The number of amides is 1. The summed E-state index contributed by atoms with van der Waals surface area (Å²) in [5, 5.41) is 12.4. The first kappa shape index (κ1) is 19.6. The third kappa shape index (κ3) is 5.97. The summed E-state index contributed by atoms with van der Waals surface area (Å²) in [5.74, 6) is -0.260. The highest BCUT2D eigenvalue weighted by molar-refractivity contribution is 6.32. The van der Waals surface area contributed by atoms with E-state index in [0.717, 1.165) is 5.56 Å². The van der Waals surface area contributed by atoms with E-state index in [0.29, 0.717) is 10.8 Å². The Kier molecular flexibility index (Phi) is 7.29. The van der Waals surface area contributed by atoms with Gasteiger partial charge in [0.2, 0.25) is 5.91 Å². The molecule has 0 saturated carbocycles. The average Bonchev–Trinajstić information content (AvgIpc) is 2.64. The molecule has 1 unspecified atom stereocenters. The number of ether oxygens (including phenoxy) is 2. The van der Waals surface area contributed by atoms with Gasteiger partial charge in [-0.1, -0.05) is 35.9 Å². The summed E-state index contributed by atoms with van der Waals surface area (Å²) < 4.78 is 10.2. The molecule has 7 heteroatoms. The van der Waals surface area contributed by atoms with Crippen LogP contribution in [0.3, 0.4) is 0 Å². The molecule has 1 amide bonds. The Morgan fingerprint density at radius 1 is 1.15 bits per heavy atom. The highest BCUT2D eigenvalue weighted by Gasteiger charge is 2.22. The lowest BCUT2D eigenvalue weighted by Crippen LogP contribution is -2.43. The summed E-state index contributed by atoms with van der Waals surface area (Å²) in [5.41, 5.74) is 0.783. The van der Waals surface area contributed by atoms with E-state index in [1.807, 2.05) is 0 Å². The molecule has 0 bridgehead atoms. The summed E-state index contributed by atoms with van der Waals surface area (Å²) in [6.45, 7) is 0.128. The second-order valence-electron chi connectivity index (χ2n) is 5.54. The van der Waals surface area contributed by atoms with Gasteiger partial charge in [-0.25, -0.2) is 4.79 Å². The van der Waals surface area contributed by atoms with Crippen LogP contribution in [0.25, 0.3) is 0 Å². The molecule has 26 heavy (non-hydrogen) atoms. The van der Waals surface area contributed by atoms with Gasteiger partial charge in [0.05, 0.1) is 25.2 Å². The Morgan fingerprint density at radius 3 is 2.50 bits per heavy atom. The Hall–Kier alpha value is -2.73. The highest BCUT2D eigenvalue weighted by Crippen LogP contribution is 2.23. The Balaban J connectivity index is 1.88. The van der Waals surface area contributed by atoms with Crippen molar-refractivity contribution in [2.45, 2.75) is 18.9 Å². The van der Waals surface area contributed by atoms with Gasteiger partial charge in [-0.2, -0.15) is 0 Å². The fraction of sp³-hybridized carbons (Fsp3) is 0.263. The first-order chi connectivity index (χ1) is 12.5. The summed E-state index contributed by atoms with van der Waals surface area (Å²) in [4.78, 5) is 24.0. The van der Waals surface area contributed by atoms with Gasteiger partial charge in [0.25, 0.3) is 0 Å². The minimum atomic E-state index is -0.822. The van der Waals surface area contributed by atoms with Crippen LogP contribution < -0.4 is 10.1 Å². The zero-order chi connectivity index (χ0) is 18.9. The standard InChI is InChI=1S/C19H20ClNO5/c1-25-19(24)16(12-13-6-8-14(22)9-7-13)21-18(23)10-11-26-17-5-3-2-4-15(17)20/h2-9,16,22H,10-12H2,1H3,(H,21,23). The lowest BCUT2D eigenvalue weighted by molar-refractivity contribution is -0.145. The number of benzene rings is 2. The molecule has 6 nitrogen and oxygen atoms in total. The Morgan fingerprint density at radius 2 is 1.85 bits per heavy atom. The molecule has 0 spiro atoms. The molecule has 0 aliphatic rings. The molecule has 0 aliphatic heterocycles. The number of para-hydroxylation sites is 1. The number of hydrogen-bond donors (Lipinski definition) is 2. The van der Waals surface area contributed by atoms with E-state index in [-0.39, 0.29) is 31.1 Å². The fourth-order valence-corrected chi connectivity index (χ4v) is 2.48. The van der Waals surface area contributed by atoms with Gasteiger partial charge in [0.15, 0.2) is 0 Å². The lowest BCUT2D eigenvalue weighted by atomic mass is 10.1. The van der Waals surface area contributed by atoms with Crippen molar-refractivity contribution >= 4 is 23.5 Å². The average molecular weight is 378 g/mol. The lowest BCUT2D eigenvalue weighted by Gasteiger charge is -2.17. The molecule has 2 N–H and O–H groups in total. The van der Waals surface area contributed by atoms with Crippen molar-refractivity contribution in [3.8, 4) is 11.5 Å². The van der Waals surface area contributed by atoms with E-state index in [1.54, 1.807) is 36.4 Å². The summed E-state index contributed by atoms with van der Waals surface area (Å²) >= 11 is 5.98. The molecule has 2 aromatic rings. The maximum atomic E-state index is 12.1. The van der Waals surface area contributed by atoms with Gasteiger partial charge in [-0.3, -0.25) is 4.79 Å². The minimum Gasteiger partial charge on any atom is -0.508 e. The van der Waals surface area contributed by atoms with Crippen LogP contribution in [-0.2, 0) is 20.7 Å². The quantitative estimate of drug-likeness (QED) is 0.691. The second-order valence-corrected chi connectivity index (χ2v) is 5.95. The maximum absolute atomic E-state index is 12.1. The number of nitrogens with one attached hydrogen (secondary N) is 1. The second kappa shape index (κ2) is 9.68. The van der Waals surface area contributed by atoms with Crippen LogP contribution in [0.2, 0.25) is 5.02 Å². The molecule has 0 aliphatic carbocycles. The number of phenols is 1. The molecule has 0 heterocycles. The van der Waals surface area contributed by atoms with E-state index in [4.69, 9.17) is 21.1 Å². The van der Waals surface area contributed by atoms with Crippen molar-refractivity contribution in [3.05, 3.63) is 59.1 Å². The highest BCUT2D eigenvalue weighted by atomic mass is 35.5. The van der Waals surface area contributed by atoms with Crippen LogP contribution in [0.1, 0.15) is 12.0 Å². The van der Waals surface area contributed by atoms with Gasteiger partial charge in [0.1, 0.15) is 17.5 Å². The van der Waals surface area contributed by atoms with Crippen molar-refractivity contribution in [2.24, 2.45) is 0 Å². The Labute approximate surface area is 156 Å². The summed E-state index contributed by atoms with van der Waals surface area (Å²) in [7, 11) is 1.26. The predicted molar refractivity (Wildman–Crippen MR) is 97.3 cm³/mol. The number of hydrogen-bond acceptors (Lipinski definition) is 5. The van der Waals surface area contributed by atoms with E-state index in [9.17, 15) is 14.7 Å². The molecule has 0 fully saturated rings. The third-order valence-corrected chi connectivity index (χ3v) is 3.93. The van der Waals surface area contributed by atoms with Crippen molar-refractivity contribution in [1.82, 2.24) is 5.32 Å². The van der Waals surface area contributed by atoms with Gasteiger partial charge in [-0.05, 0) is 29.8 Å². The van der Waals surface area contributed by atoms with Gasteiger partial charge >= 0.3 is 5.97 Å². The van der Waals surface area contributed by atoms with Crippen LogP contribution in [0.4, 0.5) is 0 Å². The van der Waals surface area contributed by atoms with Gasteiger partial charge < -0.3 is 19.9 Å². The van der Waals surface area contributed by atoms with E-state index >= 15 is 0 Å². The van der Waals surface area contributed by atoms with Crippen LogP contribution >= 0.6 is 11.6 Å². The number of halogens is 1. The number of carbonyl (C=O) groups is 2. The monoisotopic (exact) mass is 377 g/mol. The van der Waals surface area contributed by atoms with Crippen LogP contribution in [0, 0.1) is 0 Å².